The molecule has 2 unspecified atom stereocenters. The molecule has 0 spiro atoms. The Morgan fingerprint density at radius 3 is 2.94 bits per heavy atom. The van der Waals surface area contributed by atoms with Gasteiger partial charge in [0, 0.05) is 16.7 Å². The van der Waals surface area contributed by atoms with E-state index in [1.807, 2.05) is 6.07 Å². The van der Waals surface area contributed by atoms with Crippen molar-refractivity contribution in [3.63, 3.8) is 0 Å². The lowest BCUT2D eigenvalue weighted by atomic mass is 10.1. The van der Waals surface area contributed by atoms with Gasteiger partial charge in [-0.05, 0) is 18.6 Å². The third-order valence-electron chi connectivity index (χ3n) is 2.66. The number of aliphatic imine (C=N–C) groups is 1. The van der Waals surface area contributed by atoms with E-state index >= 15 is 0 Å². The summed E-state index contributed by atoms with van der Waals surface area (Å²) in [5.74, 6) is 0.190. The van der Waals surface area contributed by atoms with Crippen LogP contribution in [0.15, 0.2) is 17.1 Å². The molecule has 17 heavy (non-hydrogen) atoms. The van der Waals surface area contributed by atoms with Gasteiger partial charge in [0.25, 0.3) is 0 Å². The predicted molar refractivity (Wildman–Crippen MR) is 66.4 cm³/mol. The molecule has 2 rings (SSSR count). The topological polar surface area (TPSA) is 47.9 Å². The lowest BCUT2D eigenvalue weighted by Gasteiger charge is -2.13. The number of aryl methyl sites for hydroxylation is 1. The molecular formula is C12H15NO3S. The summed E-state index contributed by atoms with van der Waals surface area (Å²) in [7, 11) is 1.37. The Balaban J connectivity index is 2.23. The van der Waals surface area contributed by atoms with Crippen LogP contribution in [0.3, 0.4) is 0 Å². The lowest BCUT2D eigenvalue weighted by molar-refractivity contribution is -0.143. The maximum atomic E-state index is 11.6. The first-order chi connectivity index (χ1) is 8.15. The van der Waals surface area contributed by atoms with Gasteiger partial charge in [0.2, 0.25) is 0 Å². The fraction of sp³-hybridized carbons (Fsp3) is 0.500. The van der Waals surface area contributed by atoms with Crippen LogP contribution < -0.4 is 0 Å². The largest absolute Gasteiger partial charge is 0.469 e. The molecule has 1 aromatic heterocycles. The number of hydrogen-bond donors (Lipinski definition) is 0. The Morgan fingerprint density at radius 2 is 2.35 bits per heavy atom. The monoisotopic (exact) mass is 253 g/mol. The molecule has 1 aromatic rings. The Bertz CT molecular complexity index is 452. The molecule has 1 aliphatic heterocycles. The molecule has 0 aliphatic carbocycles. The molecule has 0 saturated heterocycles. The third-order valence-corrected chi connectivity index (χ3v) is 3.95. The fourth-order valence-electron chi connectivity index (χ4n) is 1.79. The average Bonchev–Trinajstić information content (AvgIpc) is 2.93. The van der Waals surface area contributed by atoms with Crippen molar-refractivity contribution in [1.82, 2.24) is 0 Å². The minimum atomic E-state index is -0.566. The van der Waals surface area contributed by atoms with E-state index in [-0.39, 0.29) is 12.1 Å². The van der Waals surface area contributed by atoms with Crippen LogP contribution in [0, 0.1) is 0 Å². The number of carbonyl (C=O) groups is 1. The summed E-state index contributed by atoms with van der Waals surface area (Å²) >= 11 is 1.66. The van der Waals surface area contributed by atoms with Gasteiger partial charge in [-0.3, -0.25) is 0 Å². The summed E-state index contributed by atoms with van der Waals surface area (Å²) < 4.78 is 10.3. The number of esters is 1. The number of carbonyl (C=O) groups excluding carboxylic acids is 1. The molecular weight excluding hydrogens is 238 g/mol. The van der Waals surface area contributed by atoms with Crippen molar-refractivity contribution in [1.29, 1.82) is 0 Å². The molecule has 0 bridgehead atoms. The molecule has 0 N–H and O–H groups in total. The van der Waals surface area contributed by atoms with E-state index in [0.717, 1.165) is 11.3 Å². The van der Waals surface area contributed by atoms with Crippen LogP contribution in [0.5, 0.6) is 0 Å². The van der Waals surface area contributed by atoms with Crippen LogP contribution in [0.25, 0.3) is 0 Å². The highest BCUT2D eigenvalue weighted by atomic mass is 32.1. The molecule has 0 amide bonds. The molecule has 0 radical (unpaired) electrons. The summed E-state index contributed by atoms with van der Waals surface area (Å²) in [6, 6.07) is 3.49. The van der Waals surface area contributed by atoms with Crippen molar-refractivity contribution in [3.05, 3.63) is 21.9 Å². The SMILES string of the molecule is CCc1ccc(C2OC(C)=NC2C(=O)OC)s1. The van der Waals surface area contributed by atoms with Crippen molar-refractivity contribution in [2.45, 2.75) is 32.4 Å². The van der Waals surface area contributed by atoms with Gasteiger partial charge in [0.15, 0.2) is 18.0 Å². The van der Waals surface area contributed by atoms with Crippen LogP contribution in [0.2, 0.25) is 0 Å². The highest BCUT2D eigenvalue weighted by Gasteiger charge is 2.37. The smallest absolute Gasteiger partial charge is 0.335 e. The van der Waals surface area contributed by atoms with Gasteiger partial charge in [0.1, 0.15) is 0 Å². The van der Waals surface area contributed by atoms with Crippen LogP contribution in [0.1, 0.15) is 29.7 Å². The number of thiophene rings is 1. The molecule has 2 atom stereocenters. The van der Waals surface area contributed by atoms with E-state index in [0.29, 0.717) is 5.90 Å². The van der Waals surface area contributed by atoms with Crippen molar-refractivity contribution < 1.29 is 14.3 Å². The van der Waals surface area contributed by atoms with E-state index in [9.17, 15) is 4.79 Å². The second-order valence-corrected chi connectivity index (χ2v) is 5.01. The van der Waals surface area contributed by atoms with Crippen molar-refractivity contribution >= 4 is 23.2 Å². The van der Waals surface area contributed by atoms with Gasteiger partial charge in [-0.1, -0.05) is 6.92 Å². The number of methoxy groups -OCH3 is 1. The zero-order valence-corrected chi connectivity index (χ0v) is 10.9. The molecule has 5 heteroatoms. The first kappa shape index (κ1) is 12.1. The van der Waals surface area contributed by atoms with E-state index in [1.165, 1.54) is 12.0 Å². The molecule has 0 saturated carbocycles. The molecule has 92 valence electrons. The normalized spacial score (nSPS) is 23.1. The van der Waals surface area contributed by atoms with Crippen molar-refractivity contribution in [2.24, 2.45) is 4.99 Å². The second kappa shape index (κ2) is 4.87. The maximum Gasteiger partial charge on any atom is 0.335 e. The van der Waals surface area contributed by atoms with Crippen molar-refractivity contribution in [2.75, 3.05) is 7.11 Å². The van der Waals surface area contributed by atoms with Gasteiger partial charge in [-0.15, -0.1) is 11.3 Å². The standard InChI is InChI=1S/C12H15NO3S/c1-4-8-5-6-9(17-8)11-10(12(14)15-3)13-7(2)16-11/h5-6,10-11H,4H2,1-3H3. The lowest BCUT2D eigenvalue weighted by Crippen LogP contribution is -2.24. The minimum absolute atomic E-state index is 0.326. The second-order valence-electron chi connectivity index (χ2n) is 3.81. The maximum absolute atomic E-state index is 11.6. The fourth-order valence-corrected chi connectivity index (χ4v) is 2.80. The minimum Gasteiger partial charge on any atom is -0.469 e. The summed E-state index contributed by atoms with van der Waals surface area (Å²) in [6.07, 6.45) is 0.660. The summed E-state index contributed by atoms with van der Waals surface area (Å²) in [6.45, 7) is 3.86. The highest BCUT2D eigenvalue weighted by molar-refractivity contribution is 7.12. The van der Waals surface area contributed by atoms with Crippen LogP contribution in [-0.4, -0.2) is 25.0 Å². The Hall–Kier alpha value is -1.36. The highest BCUT2D eigenvalue weighted by Crippen LogP contribution is 2.34. The summed E-state index contributed by atoms with van der Waals surface area (Å²) in [5, 5.41) is 0. The predicted octanol–water partition coefficient (Wildman–Crippen LogP) is 2.34. The molecule has 0 fully saturated rings. The first-order valence-electron chi connectivity index (χ1n) is 5.53. The Morgan fingerprint density at radius 1 is 1.59 bits per heavy atom. The quantitative estimate of drug-likeness (QED) is 0.777. The van der Waals surface area contributed by atoms with Gasteiger partial charge in [0.05, 0.1) is 7.11 Å². The third kappa shape index (κ3) is 2.34. The summed E-state index contributed by atoms with van der Waals surface area (Å²) in [4.78, 5) is 18.1. The van der Waals surface area contributed by atoms with E-state index in [1.54, 1.807) is 18.3 Å². The van der Waals surface area contributed by atoms with E-state index in [2.05, 4.69) is 18.0 Å². The molecule has 2 heterocycles. The van der Waals surface area contributed by atoms with Gasteiger partial charge in [-0.2, -0.15) is 0 Å². The molecule has 0 aromatic carbocycles. The zero-order valence-electron chi connectivity index (χ0n) is 10.1. The van der Waals surface area contributed by atoms with E-state index < -0.39 is 6.04 Å². The average molecular weight is 253 g/mol. The molecule has 1 aliphatic rings. The van der Waals surface area contributed by atoms with Gasteiger partial charge in [-0.25, -0.2) is 9.79 Å². The van der Waals surface area contributed by atoms with Crippen molar-refractivity contribution in [3.8, 4) is 0 Å². The summed E-state index contributed by atoms with van der Waals surface area (Å²) in [5.41, 5.74) is 0. The zero-order chi connectivity index (χ0) is 12.4. The number of nitrogens with zero attached hydrogens (tertiary/aromatic N) is 1. The first-order valence-corrected chi connectivity index (χ1v) is 6.34. The van der Waals surface area contributed by atoms with Crippen LogP contribution in [0.4, 0.5) is 0 Å². The van der Waals surface area contributed by atoms with Crippen LogP contribution in [-0.2, 0) is 20.7 Å². The number of hydrogen-bond acceptors (Lipinski definition) is 5. The molecule has 4 nitrogen and oxygen atoms in total. The Labute approximate surface area is 104 Å². The number of ether oxygens (including phenoxy) is 2. The van der Waals surface area contributed by atoms with Gasteiger partial charge < -0.3 is 9.47 Å². The number of rotatable bonds is 3. The van der Waals surface area contributed by atoms with Crippen LogP contribution >= 0.6 is 11.3 Å². The van der Waals surface area contributed by atoms with Gasteiger partial charge >= 0.3 is 5.97 Å². The van der Waals surface area contributed by atoms with E-state index in [4.69, 9.17) is 9.47 Å². The Kier molecular flexibility index (Phi) is 3.47.